The minimum atomic E-state index is -1.19. The summed E-state index contributed by atoms with van der Waals surface area (Å²) in [4.78, 5) is 15.3. The van der Waals surface area contributed by atoms with Crippen LogP contribution in [-0.2, 0) is 0 Å². The van der Waals surface area contributed by atoms with Crippen LogP contribution in [0.2, 0.25) is 0 Å². The number of para-hydroxylation sites is 1. The van der Waals surface area contributed by atoms with E-state index >= 15 is 0 Å². The summed E-state index contributed by atoms with van der Waals surface area (Å²) in [6, 6.07) is 14.7. The van der Waals surface area contributed by atoms with Gasteiger partial charge in [0.1, 0.15) is 5.82 Å². The molecule has 0 amide bonds. The summed E-state index contributed by atoms with van der Waals surface area (Å²) in [7, 11) is 0. The number of rotatable bonds is 2. The molecule has 0 fully saturated rings. The van der Waals surface area contributed by atoms with Gasteiger partial charge in [0.2, 0.25) is 0 Å². The Kier molecular flexibility index (Phi) is 2.56. The standard InChI is InChI=1S/C15H12N2O2/c1-10-16-13-9-11(15(18)19)7-8-14(13)17(10)12-5-3-2-4-6-12/h2-9H,1H3,(H,18,19)/p-1. The fourth-order valence-electron chi connectivity index (χ4n) is 2.23. The highest BCUT2D eigenvalue weighted by atomic mass is 16.4. The molecule has 0 aliphatic rings. The SMILES string of the molecule is Cc1nc2cc(C(=O)[O-])ccc2n1-c1ccccc1. The Morgan fingerprint density at radius 1 is 1.16 bits per heavy atom. The van der Waals surface area contributed by atoms with E-state index in [0.29, 0.717) is 5.52 Å². The third-order valence-corrected chi connectivity index (χ3v) is 3.07. The zero-order valence-corrected chi connectivity index (χ0v) is 10.3. The number of hydrogen-bond acceptors (Lipinski definition) is 3. The van der Waals surface area contributed by atoms with E-state index in [9.17, 15) is 9.90 Å². The average Bonchev–Trinajstić information content (AvgIpc) is 2.74. The second kappa shape index (κ2) is 4.24. The molecule has 3 aromatic rings. The van der Waals surface area contributed by atoms with Crippen molar-refractivity contribution in [2.75, 3.05) is 0 Å². The van der Waals surface area contributed by atoms with Crippen LogP contribution in [0.25, 0.3) is 16.7 Å². The summed E-state index contributed by atoms with van der Waals surface area (Å²) in [6.45, 7) is 1.89. The van der Waals surface area contributed by atoms with Gasteiger partial charge in [-0.3, -0.25) is 4.57 Å². The average molecular weight is 251 g/mol. The molecule has 3 rings (SSSR count). The molecule has 2 aromatic carbocycles. The lowest BCUT2D eigenvalue weighted by Crippen LogP contribution is -2.21. The first-order valence-corrected chi connectivity index (χ1v) is 5.92. The number of carboxylic acid groups (broad SMARTS) is 1. The van der Waals surface area contributed by atoms with Gasteiger partial charge in [-0.15, -0.1) is 0 Å². The van der Waals surface area contributed by atoms with Crippen molar-refractivity contribution >= 4 is 17.0 Å². The van der Waals surface area contributed by atoms with Gasteiger partial charge in [0.15, 0.2) is 0 Å². The number of carboxylic acids is 1. The predicted molar refractivity (Wildman–Crippen MR) is 70.1 cm³/mol. The number of nitrogens with zero attached hydrogens (tertiary/aromatic N) is 2. The Labute approximate surface area is 109 Å². The van der Waals surface area contributed by atoms with E-state index in [-0.39, 0.29) is 5.56 Å². The van der Waals surface area contributed by atoms with Gasteiger partial charge < -0.3 is 9.90 Å². The fourth-order valence-corrected chi connectivity index (χ4v) is 2.23. The molecule has 0 spiro atoms. The van der Waals surface area contributed by atoms with E-state index in [1.54, 1.807) is 6.07 Å². The Morgan fingerprint density at radius 2 is 1.89 bits per heavy atom. The molecule has 0 aliphatic carbocycles. The minimum absolute atomic E-state index is 0.144. The highest BCUT2D eigenvalue weighted by molar-refractivity contribution is 5.91. The maximum Gasteiger partial charge on any atom is 0.111 e. The van der Waals surface area contributed by atoms with Crippen LogP contribution in [0.5, 0.6) is 0 Å². The van der Waals surface area contributed by atoms with Crippen LogP contribution in [0, 0.1) is 6.92 Å². The van der Waals surface area contributed by atoms with Crippen molar-refractivity contribution in [1.29, 1.82) is 0 Å². The summed E-state index contributed by atoms with van der Waals surface area (Å²) in [5.74, 6) is -0.370. The highest BCUT2D eigenvalue weighted by Crippen LogP contribution is 2.22. The van der Waals surface area contributed by atoms with Crippen molar-refractivity contribution in [3.8, 4) is 5.69 Å². The monoisotopic (exact) mass is 251 g/mol. The van der Waals surface area contributed by atoms with E-state index in [1.165, 1.54) is 12.1 Å². The molecule has 0 N–H and O–H groups in total. The van der Waals surface area contributed by atoms with Crippen LogP contribution in [0.4, 0.5) is 0 Å². The van der Waals surface area contributed by atoms with Crippen molar-refractivity contribution < 1.29 is 9.90 Å². The molecule has 1 heterocycles. The van der Waals surface area contributed by atoms with E-state index < -0.39 is 5.97 Å². The largest absolute Gasteiger partial charge is 0.545 e. The topological polar surface area (TPSA) is 57.9 Å². The molecule has 0 unspecified atom stereocenters. The first-order chi connectivity index (χ1) is 9.16. The minimum Gasteiger partial charge on any atom is -0.545 e. The Morgan fingerprint density at radius 3 is 2.58 bits per heavy atom. The number of benzene rings is 2. The molecule has 0 bridgehead atoms. The van der Waals surface area contributed by atoms with Gasteiger partial charge in [0.25, 0.3) is 0 Å². The van der Waals surface area contributed by atoms with Gasteiger partial charge in [-0.2, -0.15) is 0 Å². The first kappa shape index (κ1) is 11.5. The molecule has 1 aromatic heterocycles. The number of carbonyl (C=O) groups is 1. The predicted octanol–water partition coefficient (Wildman–Crippen LogP) is 1.70. The number of aromatic nitrogens is 2. The number of aryl methyl sites for hydroxylation is 1. The molecule has 0 radical (unpaired) electrons. The second-order valence-corrected chi connectivity index (χ2v) is 4.32. The summed E-state index contributed by atoms with van der Waals surface area (Å²) < 4.78 is 1.99. The summed E-state index contributed by atoms with van der Waals surface area (Å²) in [6.07, 6.45) is 0. The summed E-state index contributed by atoms with van der Waals surface area (Å²) in [5, 5.41) is 10.9. The number of hydrogen-bond donors (Lipinski definition) is 0. The third kappa shape index (κ3) is 1.87. The Bertz CT molecular complexity index is 760. The lowest BCUT2D eigenvalue weighted by atomic mass is 10.2. The number of fused-ring (bicyclic) bond motifs is 1. The molecule has 0 saturated carbocycles. The van der Waals surface area contributed by atoms with Crippen LogP contribution < -0.4 is 5.11 Å². The molecule has 0 saturated heterocycles. The molecular weight excluding hydrogens is 240 g/mol. The van der Waals surface area contributed by atoms with Gasteiger partial charge in [-0.25, -0.2) is 4.98 Å². The highest BCUT2D eigenvalue weighted by Gasteiger charge is 2.09. The molecule has 94 valence electrons. The van der Waals surface area contributed by atoms with E-state index in [2.05, 4.69) is 4.98 Å². The van der Waals surface area contributed by atoms with Crippen LogP contribution in [0.3, 0.4) is 0 Å². The maximum atomic E-state index is 10.9. The van der Waals surface area contributed by atoms with Crippen LogP contribution >= 0.6 is 0 Å². The lowest BCUT2D eigenvalue weighted by Gasteiger charge is -2.07. The Hall–Kier alpha value is -2.62. The molecule has 4 nitrogen and oxygen atoms in total. The van der Waals surface area contributed by atoms with Crippen molar-refractivity contribution in [2.24, 2.45) is 0 Å². The van der Waals surface area contributed by atoms with E-state index in [1.807, 2.05) is 41.8 Å². The van der Waals surface area contributed by atoms with Crippen molar-refractivity contribution in [2.45, 2.75) is 6.92 Å². The zero-order chi connectivity index (χ0) is 13.4. The molecule has 4 heteroatoms. The van der Waals surface area contributed by atoms with E-state index in [4.69, 9.17) is 0 Å². The maximum absolute atomic E-state index is 10.9. The number of carbonyl (C=O) groups excluding carboxylic acids is 1. The molecule has 0 aliphatic heterocycles. The fraction of sp³-hybridized carbons (Fsp3) is 0.0667. The summed E-state index contributed by atoms with van der Waals surface area (Å²) >= 11 is 0. The van der Waals surface area contributed by atoms with E-state index in [0.717, 1.165) is 17.0 Å². The van der Waals surface area contributed by atoms with Crippen LogP contribution in [0.1, 0.15) is 16.2 Å². The van der Waals surface area contributed by atoms with Gasteiger partial charge in [0.05, 0.1) is 17.0 Å². The van der Waals surface area contributed by atoms with Gasteiger partial charge in [0, 0.05) is 5.69 Å². The van der Waals surface area contributed by atoms with Crippen LogP contribution in [-0.4, -0.2) is 15.5 Å². The lowest BCUT2D eigenvalue weighted by molar-refractivity contribution is -0.255. The second-order valence-electron chi connectivity index (χ2n) is 4.32. The summed E-state index contributed by atoms with van der Waals surface area (Å²) in [5.41, 5.74) is 2.69. The zero-order valence-electron chi connectivity index (χ0n) is 10.3. The van der Waals surface area contributed by atoms with Gasteiger partial charge >= 0.3 is 0 Å². The molecule has 0 atom stereocenters. The quantitative estimate of drug-likeness (QED) is 0.696. The first-order valence-electron chi connectivity index (χ1n) is 5.92. The van der Waals surface area contributed by atoms with Gasteiger partial charge in [-0.1, -0.05) is 24.3 Å². The normalized spacial score (nSPS) is 10.8. The van der Waals surface area contributed by atoms with Crippen molar-refractivity contribution in [1.82, 2.24) is 9.55 Å². The number of aromatic carboxylic acids is 1. The molecular formula is C15H11N2O2-. The Balaban J connectivity index is 2.27. The molecule has 19 heavy (non-hydrogen) atoms. The number of imidazole rings is 1. The third-order valence-electron chi connectivity index (χ3n) is 3.07. The van der Waals surface area contributed by atoms with Crippen molar-refractivity contribution in [3.63, 3.8) is 0 Å². The van der Waals surface area contributed by atoms with Crippen LogP contribution in [0.15, 0.2) is 48.5 Å². The van der Waals surface area contributed by atoms with Crippen molar-refractivity contribution in [3.05, 3.63) is 59.9 Å². The van der Waals surface area contributed by atoms with Gasteiger partial charge in [-0.05, 0) is 36.8 Å². The smallest absolute Gasteiger partial charge is 0.111 e.